The highest BCUT2D eigenvalue weighted by Crippen LogP contribution is 2.25. The average molecular weight is 275 g/mol. The van der Waals surface area contributed by atoms with Gasteiger partial charge >= 0.3 is 0 Å². The van der Waals surface area contributed by atoms with Crippen molar-refractivity contribution in [1.29, 1.82) is 10.5 Å². The fourth-order valence-electron chi connectivity index (χ4n) is 2.26. The van der Waals surface area contributed by atoms with Gasteiger partial charge in [0.1, 0.15) is 0 Å². The summed E-state index contributed by atoms with van der Waals surface area (Å²) in [5, 5.41) is 21.4. The van der Waals surface area contributed by atoms with Crippen LogP contribution in [0.5, 0.6) is 0 Å². The van der Waals surface area contributed by atoms with Crippen LogP contribution in [0.1, 0.15) is 18.4 Å². The molecule has 0 spiro atoms. The molecule has 0 saturated carbocycles. The second-order valence-electron chi connectivity index (χ2n) is 4.66. The Morgan fingerprint density at radius 2 is 2.05 bits per heavy atom. The van der Waals surface area contributed by atoms with E-state index in [0.717, 1.165) is 31.6 Å². The quantitative estimate of drug-likeness (QED) is 0.861. The first-order chi connectivity index (χ1) is 9.22. The number of halogens is 1. The summed E-state index contributed by atoms with van der Waals surface area (Å²) in [5.74, 6) is 0. The van der Waals surface area contributed by atoms with Crippen molar-refractivity contribution in [3.63, 3.8) is 0 Å². The summed E-state index contributed by atoms with van der Waals surface area (Å²) in [6.07, 6.45) is 2.00. The van der Waals surface area contributed by atoms with Crippen LogP contribution in [0.3, 0.4) is 0 Å². The molecular formula is C14H15ClN4. The molecule has 1 fully saturated rings. The molecule has 1 heterocycles. The molecular weight excluding hydrogens is 260 g/mol. The van der Waals surface area contributed by atoms with Crippen LogP contribution in [-0.2, 0) is 0 Å². The van der Waals surface area contributed by atoms with Gasteiger partial charge in [-0.3, -0.25) is 4.90 Å². The molecule has 1 saturated heterocycles. The first-order valence-electron chi connectivity index (χ1n) is 6.28. The Balaban J connectivity index is 1.93. The van der Waals surface area contributed by atoms with Crippen molar-refractivity contribution >= 4 is 17.3 Å². The number of piperidine rings is 1. The summed E-state index contributed by atoms with van der Waals surface area (Å²) < 4.78 is 0. The van der Waals surface area contributed by atoms with E-state index >= 15 is 0 Å². The summed E-state index contributed by atoms with van der Waals surface area (Å²) in [7, 11) is 0. The maximum Gasteiger partial charge on any atom is 0.0992 e. The van der Waals surface area contributed by atoms with Gasteiger partial charge in [0.05, 0.1) is 35.0 Å². The normalized spacial score (nSPS) is 16.6. The lowest BCUT2D eigenvalue weighted by molar-refractivity contribution is 0.242. The molecule has 1 aromatic rings. The third-order valence-electron chi connectivity index (χ3n) is 3.34. The van der Waals surface area contributed by atoms with Crippen LogP contribution < -0.4 is 5.32 Å². The molecule has 0 aromatic heterocycles. The molecule has 0 aliphatic carbocycles. The largest absolute Gasteiger partial charge is 0.381 e. The van der Waals surface area contributed by atoms with Crippen molar-refractivity contribution in [3.05, 3.63) is 28.8 Å². The highest BCUT2D eigenvalue weighted by Gasteiger charge is 2.19. The minimum Gasteiger partial charge on any atom is -0.381 e. The first kappa shape index (κ1) is 13.7. The molecule has 1 aliphatic rings. The van der Waals surface area contributed by atoms with E-state index in [-0.39, 0.29) is 0 Å². The van der Waals surface area contributed by atoms with Gasteiger partial charge in [-0.1, -0.05) is 11.6 Å². The number of likely N-dealkylation sites (tertiary alicyclic amines) is 1. The zero-order valence-corrected chi connectivity index (χ0v) is 11.3. The summed E-state index contributed by atoms with van der Waals surface area (Å²) in [6.45, 7) is 2.36. The molecule has 0 radical (unpaired) electrons. The molecule has 0 bridgehead atoms. The average Bonchev–Trinajstić information content (AvgIpc) is 2.43. The number of anilines is 1. The Morgan fingerprint density at radius 3 is 2.63 bits per heavy atom. The van der Waals surface area contributed by atoms with Crippen molar-refractivity contribution in [2.24, 2.45) is 0 Å². The van der Waals surface area contributed by atoms with E-state index in [1.807, 2.05) is 6.07 Å². The maximum absolute atomic E-state index is 8.79. The molecule has 0 amide bonds. The van der Waals surface area contributed by atoms with Crippen molar-refractivity contribution in [1.82, 2.24) is 4.90 Å². The molecule has 2 rings (SSSR count). The van der Waals surface area contributed by atoms with E-state index in [1.165, 1.54) is 0 Å². The standard InChI is InChI=1S/C14H15ClN4/c15-13-9-11(10-17)1-2-14(13)18-12-3-6-19(7-4-12)8-5-16/h1-2,9,12,18H,3-4,6-8H2. The Hall–Kier alpha value is -1.75. The van der Waals surface area contributed by atoms with E-state index in [1.54, 1.807) is 12.1 Å². The Bertz CT molecular complexity index is 521. The molecule has 19 heavy (non-hydrogen) atoms. The van der Waals surface area contributed by atoms with Crippen LogP contribution in [0, 0.1) is 22.7 Å². The second kappa shape index (κ2) is 6.43. The third-order valence-corrected chi connectivity index (χ3v) is 3.65. The number of nitriles is 2. The van der Waals surface area contributed by atoms with Crippen LogP contribution in [0.2, 0.25) is 5.02 Å². The number of hydrogen-bond donors (Lipinski definition) is 1. The van der Waals surface area contributed by atoms with Gasteiger partial charge in [-0.2, -0.15) is 10.5 Å². The number of benzene rings is 1. The van der Waals surface area contributed by atoms with Crippen molar-refractivity contribution in [2.75, 3.05) is 25.0 Å². The van der Waals surface area contributed by atoms with Crippen LogP contribution in [0.4, 0.5) is 5.69 Å². The lowest BCUT2D eigenvalue weighted by Crippen LogP contribution is -2.39. The SMILES string of the molecule is N#CCN1CCC(Nc2ccc(C#N)cc2Cl)CC1. The van der Waals surface area contributed by atoms with E-state index in [2.05, 4.69) is 22.4 Å². The zero-order valence-electron chi connectivity index (χ0n) is 10.6. The molecule has 1 N–H and O–H groups in total. The highest BCUT2D eigenvalue weighted by atomic mass is 35.5. The highest BCUT2D eigenvalue weighted by molar-refractivity contribution is 6.33. The lowest BCUT2D eigenvalue weighted by Gasteiger charge is -2.31. The Labute approximate surface area is 118 Å². The van der Waals surface area contributed by atoms with Gasteiger partial charge in [-0.25, -0.2) is 0 Å². The molecule has 5 heteroatoms. The van der Waals surface area contributed by atoms with Crippen molar-refractivity contribution < 1.29 is 0 Å². The van der Waals surface area contributed by atoms with Crippen molar-refractivity contribution in [3.8, 4) is 12.1 Å². The van der Waals surface area contributed by atoms with Crippen molar-refractivity contribution in [2.45, 2.75) is 18.9 Å². The van der Waals surface area contributed by atoms with Gasteiger partial charge in [0.15, 0.2) is 0 Å². The Morgan fingerprint density at radius 1 is 1.32 bits per heavy atom. The summed E-state index contributed by atoms with van der Waals surface area (Å²) in [4.78, 5) is 2.15. The first-order valence-corrected chi connectivity index (χ1v) is 6.66. The summed E-state index contributed by atoms with van der Waals surface area (Å²) >= 11 is 6.14. The second-order valence-corrected chi connectivity index (χ2v) is 5.07. The number of hydrogen-bond acceptors (Lipinski definition) is 4. The smallest absolute Gasteiger partial charge is 0.0992 e. The third kappa shape index (κ3) is 3.61. The lowest BCUT2D eigenvalue weighted by atomic mass is 10.0. The van der Waals surface area contributed by atoms with E-state index in [0.29, 0.717) is 23.2 Å². The fourth-order valence-corrected chi connectivity index (χ4v) is 2.49. The van der Waals surface area contributed by atoms with Gasteiger partial charge in [0.2, 0.25) is 0 Å². The minimum atomic E-state index is 0.375. The monoisotopic (exact) mass is 274 g/mol. The van der Waals surface area contributed by atoms with Gasteiger partial charge in [-0.05, 0) is 31.0 Å². The Kier molecular flexibility index (Phi) is 4.63. The van der Waals surface area contributed by atoms with Gasteiger partial charge in [0.25, 0.3) is 0 Å². The molecule has 98 valence electrons. The van der Waals surface area contributed by atoms with E-state index in [4.69, 9.17) is 22.1 Å². The van der Waals surface area contributed by atoms with Crippen LogP contribution >= 0.6 is 11.6 Å². The number of rotatable bonds is 3. The fraction of sp³-hybridized carbons (Fsp3) is 0.429. The van der Waals surface area contributed by atoms with Gasteiger partial charge in [0, 0.05) is 19.1 Å². The van der Waals surface area contributed by atoms with E-state index < -0.39 is 0 Å². The number of nitrogens with one attached hydrogen (secondary N) is 1. The summed E-state index contributed by atoms with van der Waals surface area (Å²) in [6, 6.07) is 9.91. The van der Waals surface area contributed by atoms with Crippen LogP contribution in [-0.4, -0.2) is 30.6 Å². The molecule has 4 nitrogen and oxygen atoms in total. The van der Waals surface area contributed by atoms with Crippen LogP contribution in [0.25, 0.3) is 0 Å². The topological polar surface area (TPSA) is 62.9 Å². The number of nitrogens with zero attached hydrogens (tertiary/aromatic N) is 3. The molecule has 0 unspecified atom stereocenters. The van der Waals surface area contributed by atoms with Gasteiger partial charge in [-0.15, -0.1) is 0 Å². The maximum atomic E-state index is 8.79. The predicted octanol–water partition coefficient (Wildman–Crippen LogP) is 2.61. The van der Waals surface area contributed by atoms with Crippen LogP contribution in [0.15, 0.2) is 18.2 Å². The summed E-state index contributed by atoms with van der Waals surface area (Å²) in [5.41, 5.74) is 1.44. The minimum absolute atomic E-state index is 0.375. The molecule has 1 aromatic carbocycles. The molecule has 1 aliphatic heterocycles. The van der Waals surface area contributed by atoms with E-state index in [9.17, 15) is 0 Å². The molecule has 0 atom stereocenters. The predicted molar refractivity (Wildman–Crippen MR) is 74.9 cm³/mol. The zero-order chi connectivity index (χ0) is 13.7. The van der Waals surface area contributed by atoms with Gasteiger partial charge < -0.3 is 5.32 Å².